The van der Waals surface area contributed by atoms with Crippen molar-refractivity contribution in [3.8, 4) is 0 Å². The molecule has 1 unspecified atom stereocenters. The fourth-order valence-corrected chi connectivity index (χ4v) is 3.98. The van der Waals surface area contributed by atoms with E-state index in [-0.39, 0.29) is 18.4 Å². The van der Waals surface area contributed by atoms with Crippen molar-refractivity contribution in [1.29, 1.82) is 0 Å². The van der Waals surface area contributed by atoms with Crippen molar-refractivity contribution < 1.29 is 9.59 Å². The van der Waals surface area contributed by atoms with Gasteiger partial charge >= 0.3 is 0 Å². The van der Waals surface area contributed by atoms with Gasteiger partial charge in [-0.25, -0.2) is 0 Å². The van der Waals surface area contributed by atoms with E-state index in [1.165, 1.54) is 28.9 Å². The Morgan fingerprint density at radius 3 is 2.55 bits per heavy atom. The molecule has 0 saturated heterocycles. The first-order chi connectivity index (χ1) is 14.0. The molecule has 5 nitrogen and oxygen atoms in total. The third-order valence-corrected chi connectivity index (χ3v) is 5.57. The maximum atomic E-state index is 12.8. The summed E-state index contributed by atoms with van der Waals surface area (Å²) in [5.74, 6) is -0.289. The van der Waals surface area contributed by atoms with Gasteiger partial charge in [0.1, 0.15) is 6.04 Å². The van der Waals surface area contributed by atoms with Crippen molar-refractivity contribution in [2.24, 2.45) is 0 Å². The summed E-state index contributed by atoms with van der Waals surface area (Å²) in [4.78, 5) is 26.7. The molecule has 0 fully saturated rings. The predicted octanol–water partition coefficient (Wildman–Crippen LogP) is 4.03. The summed E-state index contributed by atoms with van der Waals surface area (Å²) < 4.78 is 0. The van der Waals surface area contributed by atoms with Gasteiger partial charge in [-0.1, -0.05) is 37.3 Å². The van der Waals surface area contributed by atoms with E-state index in [2.05, 4.69) is 23.6 Å². The molecule has 29 heavy (non-hydrogen) atoms. The van der Waals surface area contributed by atoms with Crippen LogP contribution < -0.4 is 10.6 Å². The number of hydrogen-bond donors (Lipinski definition) is 2. The van der Waals surface area contributed by atoms with Gasteiger partial charge in [0, 0.05) is 18.4 Å². The Hall–Kier alpha value is -2.82. The third-order valence-electron chi connectivity index (χ3n) is 5.57. The summed E-state index contributed by atoms with van der Waals surface area (Å²) in [6, 6.07) is 13.6. The standard InChI is InChI=1S/C24H31N3O2/c1-4-18-10-6-8-14-21(18)26-23(28)16-27(3)24(29)17(2)25-22-15-9-12-19-11-5-7-13-20(19)22/h6,8-10,12,14-15,17,25H,4-5,7,11,13,16H2,1-3H3,(H,26,28). The summed E-state index contributed by atoms with van der Waals surface area (Å²) in [5, 5.41) is 6.29. The van der Waals surface area contributed by atoms with Crippen LogP contribution in [0.3, 0.4) is 0 Å². The van der Waals surface area contributed by atoms with Crippen molar-refractivity contribution in [2.45, 2.75) is 52.0 Å². The SMILES string of the molecule is CCc1ccccc1NC(=O)CN(C)C(=O)C(C)Nc1cccc2c1CCCC2. The number of carbonyl (C=O) groups excluding carboxylic acids is 2. The molecule has 1 aliphatic carbocycles. The van der Waals surface area contributed by atoms with Gasteiger partial charge in [0.15, 0.2) is 0 Å². The number of amides is 2. The Bertz CT molecular complexity index is 878. The zero-order valence-corrected chi connectivity index (χ0v) is 17.6. The number of para-hydroxylation sites is 1. The van der Waals surface area contributed by atoms with E-state index in [1.54, 1.807) is 7.05 Å². The monoisotopic (exact) mass is 393 g/mol. The molecule has 0 spiro atoms. The van der Waals surface area contributed by atoms with E-state index in [9.17, 15) is 9.59 Å². The van der Waals surface area contributed by atoms with E-state index < -0.39 is 6.04 Å². The molecule has 0 heterocycles. The largest absolute Gasteiger partial charge is 0.374 e. The molecule has 1 aliphatic rings. The zero-order valence-electron chi connectivity index (χ0n) is 17.6. The maximum absolute atomic E-state index is 12.8. The second-order valence-corrected chi connectivity index (χ2v) is 7.77. The summed E-state index contributed by atoms with van der Waals surface area (Å²) in [6.07, 6.45) is 5.41. The molecule has 0 radical (unpaired) electrons. The molecule has 0 bridgehead atoms. The summed E-state index contributed by atoms with van der Waals surface area (Å²) in [5.41, 5.74) is 5.64. The van der Waals surface area contributed by atoms with Crippen molar-refractivity contribution in [3.63, 3.8) is 0 Å². The minimum absolute atomic E-state index is 0.0236. The number of rotatable bonds is 7. The number of aryl methyl sites for hydroxylation is 2. The second kappa shape index (κ2) is 9.59. The van der Waals surface area contributed by atoms with Crippen LogP contribution in [-0.2, 0) is 28.9 Å². The predicted molar refractivity (Wildman–Crippen MR) is 118 cm³/mol. The summed E-state index contributed by atoms with van der Waals surface area (Å²) in [7, 11) is 1.67. The quantitative estimate of drug-likeness (QED) is 0.747. The molecule has 2 aromatic rings. The molecular formula is C24H31N3O2. The van der Waals surface area contributed by atoms with Crippen LogP contribution in [0.25, 0.3) is 0 Å². The normalized spacial score (nSPS) is 13.9. The zero-order chi connectivity index (χ0) is 20.8. The van der Waals surface area contributed by atoms with Gasteiger partial charge in [-0.3, -0.25) is 9.59 Å². The van der Waals surface area contributed by atoms with Crippen LogP contribution in [0.5, 0.6) is 0 Å². The van der Waals surface area contributed by atoms with E-state index >= 15 is 0 Å². The summed E-state index contributed by atoms with van der Waals surface area (Å²) >= 11 is 0. The Balaban J connectivity index is 1.59. The molecule has 154 valence electrons. The highest BCUT2D eigenvalue weighted by Crippen LogP contribution is 2.28. The minimum Gasteiger partial charge on any atom is -0.374 e. The number of nitrogens with one attached hydrogen (secondary N) is 2. The average molecular weight is 394 g/mol. The Kier molecular flexibility index (Phi) is 6.91. The van der Waals surface area contributed by atoms with E-state index in [0.717, 1.165) is 36.2 Å². The van der Waals surface area contributed by atoms with Gasteiger partial charge < -0.3 is 15.5 Å². The van der Waals surface area contributed by atoms with Crippen LogP contribution in [-0.4, -0.2) is 36.3 Å². The van der Waals surface area contributed by atoms with Crippen molar-refractivity contribution in [2.75, 3.05) is 24.2 Å². The van der Waals surface area contributed by atoms with Gasteiger partial charge in [-0.05, 0) is 67.9 Å². The smallest absolute Gasteiger partial charge is 0.244 e. The van der Waals surface area contributed by atoms with Crippen LogP contribution >= 0.6 is 0 Å². The molecule has 0 aliphatic heterocycles. The lowest BCUT2D eigenvalue weighted by atomic mass is 9.90. The lowest BCUT2D eigenvalue weighted by Crippen LogP contribution is -2.42. The Morgan fingerprint density at radius 1 is 1.03 bits per heavy atom. The first-order valence-electron chi connectivity index (χ1n) is 10.5. The highest BCUT2D eigenvalue weighted by Gasteiger charge is 2.21. The molecule has 1 atom stereocenters. The van der Waals surface area contributed by atoms with Crippen LogP contribution in [0.15, 0.2) is 42.5 Å². The minimum atomic E-state index is -0.399. The number of carbonyl (C=O) groups is 2. The molecule has 2 N–H and O–H groups in total. The van der Waals surface area contributed by atoms with Gasteiger partial charge in [0.25, 0.3) is 0 Å². The van der Waals surface area contributed by atoms with Crippen LogP contribution in [0.2, 0.25) is 0 Å². The molecule has 0 aromatic heterocycles. The van der Waals surface area contributed by atoms with E-state index in [4.69, 9.17) is 0 Å². The summed E-state index contributed by atoms with van der Waals surface area (Å²) in [6.45, 7) is 3.93. The van der Waals surface area contributed by atoms with Crippen LogP contribution in [0.1, 0.15) is 43.4 Å². The van der Waals surface area contributed by atoms with Crippen LogP contribution in [0, 0.1) is 0 Å². The molecule has 2 amide bonds. The average Bonchev–Trinajstić information content (AvgIpc) is 2.73. The number of nitrogens with zero attached hydrogens (tertiary/aromatic N) is 1. The third kappa shape index (κ3) is 5.17. The maximum Gasteiger partial charge on any atom is 0.244 e. The number of anilines is 2. The molecule has 3 rings (SSSR count). The van der Waals surface area contributed by atoms with Crippen LogP contribution in [0.4, 0.5) is 11.4 Å². The topological polar surface area (TPSA) is 61.4 Å². The number of benzene rings is 2. The fourth-order valence-electron chi connectivity index (χ4n) is 3.98. The van der Waals surface area contributed by atoms with E-state index in [1.807, 2.05) is 43.3 Å². The van der Waals surface area contributed by atoms with Gasteiger partial charge in [0.05, 0.1) is 6.54 Å². The Morgan fingerprint density at radius 2 is 1.76 bits per heavy atom. The number of likely N-dealkylation sites (N-methyl/N-ethyl adjacent to an activating group) is 1. The van der Waals surface area contributed by atoms with Gasteiger partial charge in [-0.15, -0.1) is 0 Å². The van der Waals surface area contributed by atoms with Crippen molar-refractivity contribution in [1.82, 2.24) is 4.90 Å². The van der Waals surface area contributed by atoms with Gasteiger partial charge in [0.2, 0.25) is 11.8 Å². The number of hydrogen-bond acceptors (Lipinski definition) is 3. The lowest BCUT2D eigenvalue weighted by molar-refractivity contribution is -0.133. The lowest BCUT2D eigenvalue weighted by Gasteiger charge is -2.25. The van der Waals surface area contributed by atoms with E-state index in [0.29, 0.717) is 0 Å². The first-order valence-corrected chi connectivity index (χ1v) is 10.5. The first kappa shape index (κ1) is 20.9. The highest BCUT2D eigenvalue weighted by atomic mass is 16.2. The van der Waals surface area contributed by atoms with Gasteiger partial charge in [-0.2, -0.15) is 0 Å². The number of fused-ring (bicyclic) bond motifs is 1. The molecule has 5 heteroatoms. The Labute approximate surface area is 173 Å². The van der Waals surface area contributed by atoms with Crippen molar-refractivity contribution in [3.05, 3.63) is 59.2 Å². The molecular weight excluding hydrogens is 362 g/mol. The second-order valence-electron chi connectivity index (χ2n) is 7.77. The molecule has 0 saturated carbocycles. The fraction of sp³-hybridized carbons (Fsp3) is 0.417. The van der Waals surface area contributed by atoms with Crippen molar-refractivity contribution >= 4 is 23.2 Å². The highest BCUT2D eigenvalue weighted by molar-refractivity contribution is 5.96. The molecule has 2 aromatic carbocycles.